The maximum Gasteiger partial charge on any atom is 0.307 e. The molecule has 0 heterocycles. The van der Waals surface area contributed by atoms with E-state index in [2.05, 4.69) is 5.32 Å². The predicted molar refractivity (Wildman–Crippen MR) is 113 cm³/mol. The van der Waals surface area contributed by atoms with Gasteiger partial charge in [-0.1, -0.05) is 43.2 Å². The second kappa shape index (κ2) is 9.40. The van der Waals surface area contributed by atoms with Crippen LogP contribution in [0.2, 0.25) is 0 Å². The highest BCUT2D eigenvalue weighted by molar-refractivity contribution is 7.89. The molecular weight excluding hydrogens is 404 g/mol. The summed E-state index contributed by atoms with van der Waals surface area (Å²) in [6.45, 7) is 0.250. The van der Waals surface area contributed by atoms with E-state index in [4.69, 9.17) is 0 Å². The highest BCUT2D eigenvalue weighted by Gasteiger charge is 2.35. The number of amides is 1. The summed E-state index contributed by atoms with van der Waals surface area (Å²) in [5.74, 6) is -2.53. The van der Waals surface area contributed by atoms with Crippen LogP contribution >= 0.6 is 0 Å². The van der Waals surface area contributed by atoms with E-state index in [0.717, 1.165) is 18.4 Å². The first-order valence-electron chi connectivity index (χ1n) is 9.93. The number of anilines is 1. The normalized spacial score (nSPS) is 19.4. The zero-order valence-electron chi connectivity index (χ0n) is 16.8. The summed E-state index contributed by atoms with van der Waals surface area (Å²) in [4.78, 5) is 24.1. The molecule has 1 amide bonds. The number of nitrogens with zero attached hydrogens (tertiary/aromatic N) is 1. The van der Waals surface area contributed by atoms with Crippen molar-refractivity contribution in [2.45, 2.75) is 37.1 Å². The number of benzene rings is 2. The molecule has 0 radical (unpaired) electrons. The molecule has 1 saturated carbocycles. The largest absolute Gasteiger partial charge is 0.481 e. The SMILES string of the molecule is CN(Cc1ccccc1)S(=O)(=O)c1ccc(NC(=O)[C@@H]2CCCC[C@@H]2C(=O)O)cc1. The third kappa shape index (κ3) is 5.06. The molecule has 2 aromatic rings. The van der Waals surface area contributed by atoms with E-state index in [1.165, 1.54) is 35.6 Å². The first kappa shape index (κ1) is 22.0. The summed E-state index contributed by atoms with van der Waals surface area (Å²) < 4.78 is 26.9. The van der Waals surface area contributed by atoms with Gasteiger partial charge in [0, 0.05) is 19.3 Å². The van der Waals surface area contributed by atoms with Gasteiger partial charge in [-0.05, 0) is 42.7 Å². The topological polar surface area (TPSA) is 104 Å². The minimum atomic E-state index is -3.68. The van der Waals surface area contributed by atoms with Gasteiger partial charge in [0.2, 0.25) is 15.9 Å². The first-order valence-corrected chi connectivity index (χ1v) is 11.4. The second-order valence-electron chi connectivity index (χ2n) is 7.60. The molecular formula is C22H26N2O5S. The lowest BCUT2D eigenvalue weighted by molar-refractivity contribution is -0.147. The summed E-state index contributed by atoms with van der Waals surface area (Å²) in [6.07, 6.45) is 2.68. The van der Waals surface area contributed by atoms with Crippen LogP contribution in [0.4, 0.5) is 5.69 Å². The lowest BCUT2D eigenvalue weighted by atomic mass is 9.78. The molecule has 2 aromatic carbocycles. The Morgan fingerprint density at radius 1 is 1.00 bits per heavy atom. The zero-order chi connectivity index (χ0) is 21.7. The van der Waals surface area contributed by atoms with Crippen LogP contribution in [0.1, 0.15) is 31.2 Å². The van der Waals surface area contributed by atoms with Gasteiger partial charge in [-0.15, -0.1) is 0 Å². The van der Waals surface area contributed by atoms with E-state index in [9.17, 15) is 23.1 Å². The molecule has 0 unspecified atom stereocenters. The van der Waals surface area contributed by atoms with Gasteiger partial charge in [-0.2, -0.15) is 4.31 Å². The maximum absolute atomic E-state index is 12.8. The van der Waals surface area contributed by atoms with Crippen molar-refractivity contribution in [1.29, 1.82) is 0 Å². The average Bonchev–Trinajstić information content (AvgIpc) is 2.74. The fraction of sp³-hybridized carbons (Fsp3) is 0.364. The van der Waals surface area contributed by atoms with Gasteiger partial charge < -0.3 is 10.4 Å². The van der Waals surface area contributed by atoms with Crippen LogP contribution in [0.5, 0.6) is 0 Å². The number of sulfonamides is 1. The summed E-state index contributed by atoms with van der Waals surface area (Å²) in [7, 11) is -2.16. The Labute approximate surface area is 176 Å². The van der Waals surface area contributed by atoms with E-state index >= 15 is 0 Å². The molecule has 0 saturated heterocycles. The summed E-state index contributed by atoms with van der Waals surface area (Å²) in [6, 6.07) is 15.3. The molecule has 3 rings (SSSR count). The highest BCUT2D eigenvalue weighted by Crippen LogP contribution is 2.31. The van der Waals surface area contributed by atoms with Gasteiger partial charge in [0.25, 0.3) is 0 Å². The fourth-order valence-electron chi connectivity index (χ4n) is 3.79. The van der Waals surface area contributed by atoms with Gasteiger partial charge in [0.05, 0.1) is 16.7 Å². The number of hydrogen-bond acceptors (Lipinski definition) is 4. The van der Waals surface area contributed by atoms with Crippen molar-refractivity contribution in [3.05, 3.63) is 60.2 Å². The number of carboxylic acid groups (broad SMARTS) is 1. The zero-order valence-corrected chi connectivity index (χ0v) is 17.6. The Bertz CT molecular complexity index is 990. The van der Waals surface area contributed by atoms with Crippen LogP contribution in [-0.2, 0) is 26.2 Å². The van der Waals surface area contributed by atoms with Crippen molar-refractivity contribution in [3.63, 3.8) is 0 Å². The maximum atomic E-state index is 12.8. The monoisotopic (exact) mass is 430 g/mol. The van der Waals surface area contributed by atoms with Gasteiger partial charge in [0.15, 0.2) is 0 Å². The van der Waals surface area contributed by atoms with Gasteiger partial charge in [-0.3, -0.25) is 9.59 Å². The molecule has 0 aromatic heterocycles. The molecule has 2 N–H and O–H groups in total. The fourth-order valence-corrected chi connectivity index (χ4v) is 4.95. The molecule has 8 heteroatoms. The van der Waals surface area contributed by atoms with Crippen LogP contribution in [0, 0.1) is 11.8 Å². The predicted octanol–water partition coefficient (Wildman–Crippen LogP) is 3.34. The van der Waals surface area contributed by atoms with Crippen molar-refractivity contribution in [3.8, 4) is 0 Å². The minimum absolute atomic E-state index is 0.125. The lowest BCUT2D eigenvalue weighted by Gasteiger charge is -2.27. The molecule has 0 bridgehead atoms. The van der Waals surface area contributed by atoms with Crippen LogP contribution in [0.25, 0.3) is 0 Å². The summed E-state index contributed by atoms with van der Waals surface area (Å²) in [5.41, 5.74) is 1.33. The quantitative estimate of drug-likeness (QED) is 0.701. The van der Waals surface area contributed by atoms with Crippen LogP contribution < -0.4 is 5.32 Å². The third-order valence-electron chi connectivity index (χ3n) is 5.50. The third-order valence-corrected chi connectivity index (χ3v) is 7.32. The Kier molecular flexibility index (Phi) is 6.89. The number of carbonyl (C=O) groups is 2. The van der Waals surface area contributed by atoms with Crippen molar-refractivity contribution >= 4 is 27.6 Å². The van der Waals surface area contributed by atoms with E-state index in [1.54, 1.807) is 0 Å². The Hall–Kier alpha value is -2.71. The van der Waals surface area contributed by atoms with E-state index in [1.807, 2.05) is 30.3 Å². The van der Waals surface area contributed by atoms with E-state index < -0.39 is 27.8 Å². The molecule has 1 aliphatic carbocycles. The van der Waals surface area contributed by atoms with Crippen LogP contribution in [0.3, 0.4) is 0 Å². The molecule has 160 valence electrons. The van der Waals surface area contributed by atoms with Crippen LogP contribution in [-0.4, -0.2) is 36.8 Å². The smallest absolute Gasteiger partial charge is 0.307 e. The molecule has 1 aliphatic rings. The van der Waals surface area contributed by atoms with Gasteiger partial charge >= 0.3 is 5.97 Å². The average molecular weight is 431 g/mol. The first-order chi connectivity index (χ1) is 14.3. The molecule has 0 aliphatic heterocycles. The number of aliphatic carboxylic acids is 1. The lowest BCUT2D eigenvalue weighted by Crippen LogP contribution is -2.36. The molecule has 1 fully saturated rings. The number of nitrogens with one attached hydrogen (secondary N) is 1. The number of carbonyl (C=O) groups excluding carboxylic acids is 1. The standard InChI is InChI=1S/C22H26N2O5S/c1-24(15-16-7-3-2-4-8-16)30(28,29)18-13-11-17(12-14-18)23-21(25)19-9-5-6-10-20(19)22(26)27/h2-4,7-8,11-14,19-20H,5-6,9-10,15H2,1H3,(H,23,25)(H,26,27)/t19-,20+/m1/s1. The highest BCUT2D eigenvalue weighted by atomic mass is 32.2. The van der Waals surface area contributed by atoms with E-state index in [-0.39, 0.29) is 17.3 Å². The molecule has 30 heavy (non-hydrogen) atoms. The summed E-state index contributed by atoms with van der Waals surface area (Å²) >= 11 is 0. The Balaban J connectivity index is 1.68. The Morgan fingerprint density at radius 3 is 2.20 bits per heavy atom. The van der Waals surface area contributed by atoms with Crippen molar-refractivity contribution in [2.24, 2.45) is 11.8 Å². The second-order valence-corrected chi connectivity index (χ2v) is 9.64. The van der Waals surface area contributed by atoms with Gasteiger partial charge in [-0.25, -0.2) is 8.42 Å². The molecule has 2 atom stereocenters. The van der Waals surface area contributed by atoms with Crippen LogP contribution in [0.15, 0.2) is 59.5 Å². The van der Waals surface area contributed by atoms with Gasteiger partial charge in [0.1, 0.15) is 0 Å². The van der Waals surface area contributed by atoms with Crippen molar-refractivity contribution in [2.75, 3.05) is 12.4 Å². The number of rotatable bonds is 7. The van der Waals surface area contributed by atoms with E-state index in [0.29, 0.717) is 18.5 Å². The van der Waals surface area contributed by atoms with Crippen molar-refractivity contribution in [1.82, 2.24) is 4.31 Å². The number of carboxylic acids is 1. The molecule has 7 nitrogen and oxygen atoms in total. The Morgan fingerprint density at radius 2 is 1.60 bits per heavy atom. The summed E-state index contributed by atoms with van der Waals surface area (Å²) in [5, 5.41) is 12.1. The number of hydrogen-bond donors (Lipinski definition) is 2. The minimum Gasteiger partial charge on any atom is -0.481 e. The van der Waals surface area contributed by atoms with Crippen molar-refractivity contribution < 1.29 is 23.1 Å². The molecule has 0 spiro atoms.